The van der Waals surface area contributed by atoms with Crippen LogP contribution in [0.2, 0.25) is 15.1 Å². The number of hydrogen-bond donors (Lipinski definition) is 0. The summed E-state index contributed by atoms with van der Waals surface area (Å²) in [4.78, 5) is 4.45. The average Bonchev–Trinajstić information content (AvgIpc) is 2.64. The molecule has 3 aromatic carbocycles. The van der Waals surface area contributed by atoms with E-state index < -0.39 is 0 Å². The number of nitrogens with zero attached hydrogens (tertiary/aromatic N) is 1. The van der Waals surface area contributed by atoms with E-state index in [1.54, 1.807) is 30.5 Å². The zero-order chi connectivity index (χ0) is 19.4. The number of benzene rings is 3. The van der Waals surface area contributed by atoms with Gasteiger partial charge in [0.2, 0.25) is 0 Å². The van der Waals surface area contributed by atoms with Gasteiger partial charge < -0.3 is 4.74 Å². The van der Waals surface area contributed by atoms with Crippen molar-refractivity contribution >= 4 is 46.7 Å². The van der Waals surface area contributed by atoms with E-state index in [1.807, 2.05) is 25.1 Å². The molecule has 138 valence electrons. The lowest BCUT2D eigenvalue weighted by Crippen LogP contribution is -1.97. The smallest absolute Gasteiger partial charge is 0.157 e. The van der Waals surface area contributed by atoms with Crippen molar-refractivity contribution < 1.29 is 9.13 Å². The Balaban J connectivity index is 1.77. The van der Waals surface area contributed by atoms with Gasteiger partial charge in [-0.2, -0.15) is 0 Å². The number of halogens is 4. The van der Waals surface area contributed by atoms with Gasteiger partial charge in [-0.25, -0.2) is 4.39 Å². The Kier molecular flexibility index (Phi) is 6.38. The zero-order valence-corrected chi connectivity index (χ0v) is 16.6. The Morgan fingerprint density at radius 2 is 1.63 bits per heavy atom. The van der Waals surface area contributed by atoms with Crippen LogP contribution >= 0.6 is 34.8 Å². The first-order chi connectivity index (χ1) is 12.9. The van der Waals surface area contributed by atoms with Crippen LogP contribution in [0, 0.1) is 12.7 Å². The van der Waals surface area contributed by atoms with E-state index in [-0.39, 0.29) is 12.4 Å². The molecule has 0 aromatic heterocycles. The molecule has 0 N–H and O–H groups in total. The van der Waals surface area contributed by atoms with Gasteiger partial charge in [-0.15, -0.1) is 0 Å². The van der Waals surface area contributed by atoms with Crippen molar-refractivity contribution in [1.82, 2.24) is 0 Å². The fourth-order valence-electron chi connectivity index (χ4n) is 2.41. The van der Waals surface area contributed by atoms with Crippen LogP contribution in [0.15, 0.2) is 59.6 Å². The van der Waals surface area contributed by atoms with Gasteiger partial charge in [0, 0.05) is 11.2 Å². The van der Waals surface area contributed by atoms with Gasteiger partial charge in [0.05, 0.1) is 15.7 Å². The molecule has 0 radical (unpaired) electrons. The molecule has 0 saturated carbocycles. The molecular formula is C21H15Cl3FNO. The fraction of sp³-hybridized carbons (Fsp3) is 0.0952. The summed E-state index contributed by atoms with van der Waals surface area (Å²) in [6, 6.07) is 15.0. The van der Waals surface area contributed by atoms with Crippen LogP contribution in [0.4, 0.5) is 10.1 Å². The number of hydrogen-bond acceptors (Lipinski definition) is 2. The van der Waals surface area contributed by atoms with E-state index in [0.717, 1.165) is 22.4 Å². The van der Waals surface area contributed by atoms with E-state index in [0.29, 0.717) is 20.8 Å². The molecule has 0 saturated heterocycles. The molecule has 0 bridgehead atoms. The topological polar surface area (TPSA) is 21.6 Å². The molecular weight excluding hydrogens is 408 g/mol. The summed E-state index contributed by atoms with van der Waals surface area (Å²) in [5.74, 6) is 0.0761. The highest BCUT2D eigenvalue weighted by Gasteiger charge is 2.10. The van der Waals surface area contributed by atoms with E-state index in [9.17, 15) is 4.39 Å². The summed E-state index contributed by atoms with van der Waals surface area (Å²) >= 11 is 18.7. The lowest BCUT2D eigenvalue weighted by atomic mass is 10.2. The van der Waals surface area contributed by atoms with Crippen molar-refractivity contribution in [2.45, 2.75) is 13.5 Å². The van der Waals surface area contributed by atoms with Crippen molar-refractivity contribution in [1.29, 1.82) is 0 Å². The minimum absolute atomic E-state index is 0.231. The van der Waals surface area contributed by atoms with E-state index >= 15 is 0 Å². The third-order valence-corrected chi connectivity index (χ3v) is 4.88. The third-order valence-electron chi connectivity index (χ3n) is 3.91. The Morgan fingerprint density at radius 3 is 2.30 bits per heavy atom. The first-order valence-corrected chi connectivity index (χ1v) is 9.23. The maximum atomic E-state index is 13.0. The molecule has 0 amide bonds. The van der Waals surface area contributed by atoms with Crippen LogP contribution in [0.5, 0.6) is 5.75 Å². The van der Waals surface area contributed by atoms with Crippen molar-refractivity contribution in [3.63, 3.8) is 0 Å². The lowest BCUT2D eigenvalue weighted by Gasteiger charge is -2.11. The van der Waals surface area contributed by atoms with Crippen molar-refractivity contribution in [2.75, 3.05) is 0 Å². The van der Waals surface area contributed by atoms with Crippen molar-refractivity contribution in [3.8, 4) is 5.75 Å². The molecule has 0 aliphatic rings. The quantitative estimate of drug-likeness (QED) is 0.392. The monoisotopic (exact) mass is 421 g/mol. The summed E-state index contributed by atoms with van der Waals surface area (Å²) in [7, 11) is 0. The second kappa shape index (κ2) is 8.75. The number of aliphatic imine (C=N–C) groups is 1. The SMILES string of the molecule is Cc1c(Cl)cccc1N=Cc1cc(Cl)c(OCc2ccc(F)cc2)c(Cl)c1. The maximum absolute atomic E-state index is 13.0. The normalized spacial score (nSPS) is 11.1. The molecule has 0 heterocycles. The Hall–Kier alpha value is -2.07. The van der Waals surface area contributed by atoms with Crippen molar-refractivity contribution in [3.05, 3.63) is 92.2 Å². The predicted octanol–water partition coefficient (Wildman–Crippen LogP) is 7.42. The standard InChI is InChI=1S/C21H15Cl3FNO/c1-13-17(22)3-2-4-20(13)26-11-15-9-18(23)21(19(24)10-15)27-12-14-5-7-16(25)8-6-14/h2-11H,12H2,1H3. The highest BCUT2D eigenvalue weighted by molar-refractivity contribution is 6.37. The Bertz CT molecular complexity index is 964. The molecule has 0 fully saturated rings. The Labute approximate surface area is 172 Å². The van der Waals surface area contributed by atoms with Gasteiger partial charge in [0.15, 0.2) is 5.75 Å². The average molecular weight is 423 g/mol. The molecule has 0 atom stereocenters. The first-order valence-electron chi connectivity index (χ1n) is 8.09. The van der Waals surface area contributed by atoms with E-state index in [1.165, 1.54) is 12.1 Å². The minimum atomic E-state index is -0.298. The predicted molar refractivity (Wildman–Crippen MR) is 111 cm³/mol. The summed E-state index contributed by atoms with van der Waals surface area (Å²) in [6.45, 7) is 2.14. The minimum Gasteiger partial charge on any atom is -0.486 e. The second-order valence-corrected chi connectivity index (χ2v) is 7.09. The van der Waals surface area contributed by atoms with Crippen LogP contribution in [0.3, 0.4) is 0 Å². The molecule has 3 rings (SSSR count). The highest BCUT2D eigenvalue weighted by Crippen LogP contribution is 2.35. The van der Waals surface area contributed by atoms with Gasteiger partial charge in [0.25, 0.3) is 0 Å². The molecule has 27 heavy (non-hydrogen) atoms. The van der Waals surface area contributed by atoms with Crippen LogP contribution in [0.25, 0.3) is 0 Å². The largest absolute Gasteiger partial charge is 0.486 e. The molecule has 0 unspecified atom stereocenters. The van der Waals surface area contributed by atoms with Crippen LogP contribution in [0.1, 0.15) is 16.7 Å². The highest BCUT2D eigenvalue weighted by atomic mass is 35.5. The van der Waals surface area contributed by atoms with Crippen LogP contribution in [-0.2, 0) is 6.61 Å². The number of rotatable bonds is 5. The molecule has 6 heteroatoms. The van der Waals surface area contributed by atoms with E-state index in [4.69, 9.17) is 39.5 Å². The summed E-state index contributed by atoms with van der Waals surface area (Å²) < 4.78 is 18.7. The Morgan fingerprint density at radius 1 is 0.963 bits per heavy atom. The maximum Gasteiger partial charge on any atom is 0.157 e. The summed E-state index contributed by atoms with van der Waals surface area (Å²) in [5.41, 5.74) is 3.21. The summed E-state index contributed by atoms with van der Waals surface area (Å²) in [6.07, 6.45) is 1.67. The molecule has 2 nitrogen and oxygen atoms in total. The molecule has 3 aromatic rings. The van der Waals surface area contributed by atoms with Gasteiger partial charge in [-0.1, -0.05) is 53.0 Å². The molecule has 0 aliphatic heterocycles. The molecule has 0 spiro atoms. The van der Waals surface area contributed by atoms with Crippen LogP contribution in [-0.4, -0.2) is 6.21 Å². The lowest BCUT2D eigenvalue weighted by molar-refractivity contribution is 0.306. The fourth-order valence-corrected chi connectivity index (χ4v) is 3.19. The molecule has 0 aliphatic carbocycles. The van der Waals surface area contributed by atoms with Crippen molar-refractivity contribution in [2.24, 2.45) is 4.99 Å². The van der Waals surface area contributed by atoms with Gasteiger partial charge in [-0.05, 0) is 60.0 Å². The second-order valence-electron chi connectivity index (χ2n) is 5.87. The first kappa shape index (κ1) is 19.7. The van der Waals surface area contributed by atoms with Gasteiger partial charge in [-0.3, -0.25) is 4.99 Å². The zero-order valence-electron chi connectivity index (χ0n) is 14.3. The summed E-state index contributed by atoms with van der Waals surface area (Å²) in [5, 5.41) is 1.40. The van der Waals surface area contributed by atoms with Gasteiger partial charge >= 0.3 is 0 Å². The third kappa shape index (κ3) is 5.01. The van der Waals surface area contributed by atoms with Gasteiger partial charge in [0.1, 0.15) is 12.4 Å². The van der Waals surface area contributed by atoms with E-state index in [2.05, 4.69) is 4.99 Å². The van der Waals surface area contributed by atoms with Crippen LogP contribution < -0.4 is 4.74 Å². The number of ether oxygens (including phenoxy) is 1.